The van der Waals surface area contributed by atoms with Gasteiger partial charge in [0.1, 0.15) is 10.9 Å². The Morgan fingerprint density at radius 2 is 1.85 bits per heavy atom. The van der Waals surface area contributed by atoms with E-state index >= 15 is 0 Å². The Morgan fingerprint density at radius 1 is 1.05 bits per heavy atom. The number of anilines is 2. The zero-order valence-corrected chi connectivity index (χ0v) is 22.4. The molecule has 5 N–H and O–H groups in total. The number of pyridine rings is 1. The Balaban J connectivity index is 1.67. The van der Waals surface area contributed by atoms with Gasteiger partial charge in [0, 0.05) is 23.3 Å². The number of nitrogens with zero attached hydrogens (tertiary/aromatic N) is 3. The van der Waals surface area contributed by atoms with Crippen LogP contribution in [0.5, 0.6) is 0 Å². The van der Waals surface area contributed by atoms with E-state index in [1.807, 2.05) is 55.5 Å². The molecule has 200 valence electrons. The number of primary amides is 1. The minimum absolute atomic E-state index is 0.0280. The Labute approximate surface area is 230 Å². The summed E-state index contributed by atoms with van der Waals surface area (Å²) in [6, 6.07) is 15.7. The molecule has 1 atom stereocenters. The fourth-order valence-corrected chi connectivity index (χ4v) is 5.85. The van der Waals surface area contributed by atoms with E-state index in [-0.39, 0.29) is 28.2 Å². The van der Waals surface area contributed by atoms with E-state index < -0.39 is 17.9 Å². The zero-order chi connectivity index (χ0) is 27.5. The topological polar surface area (TPSA) is 144 Å². The zero-order valence-electron chi connectivity index (χ0n) is 21.6. The SMILES string of the molecule is Cc1cccc(N(C(=O)c2snc(C(N)=O)c2N)C(C(=O)NC2CCCCC2)c2ccc3ncccc3c2)c1. The second-order valence-corrected chi connectivity index (χ2v) is 10.6. The highest BCUT2D eigenvalue weighted by molar-refractivity contribution is 7.09. The fourth-order valence-electron chi connectivity index (χ4n) is 5.11. The third kappa shape index (κ3) is 5.46. The van der Waals surface area contributed by atoms with Crippen LogP contribution in [0, 0.1) is 6.92 Å². The molecule has 9 nitrogen and oxygen atoms in total. The molecule has 39 heavy (non-hydrogen) atoms. The molecule has 0 aliphatic heterocycles. The number of carbonyl (C=O) groups excluding carboxylic acids is 3. The Morgan fingerprint density at radius 3 is 2.56 bits per heavy atom. The van der Waals surface area contributed by atoms with Gasteiger partial charge in [0.25, 0.3) is 11.8 Å². The number of fused-ring (bicyclic) bond motifs is 1. The lowest BCUT2D eigenvalue weighted by Crippen LogP contribution is -2.47. The van der Waals surface area contributed by atoms with E-state index in [9.17, 15) is 14.4 Å². The Hall–Kier alpha value is -4.31. The number of hydrogen-bond acceptors (Lipinski definition) is 7. The monoisotopic (exact) mass is 542 g/mol. The van der Waals surface area contributed by atoms with Crippen LogP contribution < -0.4 is 21.7 Å². The van der Waals surface area contributed by atoms with Crippen molar-refractivity contribution < 1.29 is 14.4 Å². The number of nitrogen functional groups attached to an aromatic ring is 1. The van der Waals surface area contributed by atoms with Crippen molar-refractivity contribution in [2.24, 2.45) is 5.73 Å². The molecule has 4 aromatic rings. The van der Waals surface area contributed by atoms with Gasteiger partial charge in [0.2, 0.25) is 5.91 Å². The van der Waals surface area contributed by atoms with Crippen LogP contribution in [0.3, 0.4) is 0 Å². The lowest BCUT2D eigenvalue weighted by molar-refractivity contribution is -0.123. The molecule has 5 rings (SSSR count). The molecule has 1 saturated carbocycles. The highest BCUT2D eigenvalue weighted by Gasteiger charge is 2.37. The van der Waals surface area contributed by atoms with E-state index in [1.165, 1.54) is 4.90 Å². The van der Waals surface area contributed by atoms with E-state index in [1.54, 1.807) is 12.3 Å². The van der Waals surface area contributed by atoms with Crippen LogP contribution in [0.4, 0.5) is 11.4 Å². The highest BCUT2D eigenvalue weighted by Crippen LogP contribution is 2.35. The lowest BCUT2D eigenvalue weighted by Gasteiger charge is -2.33. The molecule has 3 amide bonds. The standard InChI is InChI=1S/C29H30N6O3S/c1-17-7-5-11-21(15-17)35(29(38)26-23(30)24(27(31)36)34-39-26)25(28(37)33-20-9-3-2-4-10-20)19-12-13-22-18(16-19)8-6-14-32-22/h5-8,11-16,20,25H,2-4,9-10,30H2,1H3,(H2,31,36)(H,33,37). The highest BCUT2D eigenvalue weighted by atomic mass is 32.1. The van der Waals surface area contributed by atoms with Crippen molar-refractivity contribution in [1.29, 1.82) is 0 Å². The minimum atomic E-state index is -1.02. The van der Waals surface area contributed by atoms with E-state index in [0.29, 0.717) is 11.3 Å². The van der Waals surface area contributed by atoms with E-state index in [2.05, 4.69) is 14.7 Å². The van der Waals surface area contributed by atoms with Gasteiger partial charge in [-0.25, -0.2) is 0 Å². The summed E-state index contributed by atoms with van der Waals surface area (Å²) in [7, 11) is 0. The molecule has 10 heteroatoms. The summed E-state index contributed by atoms with van der Waals surface area (Å²) in [5.41, 5.74) is 14.2. The second-order valence-electron chi connectivity index (χ2n) is 9.85. The van der Waals surface area contributed by atoms with E-state index in [4.69, 9.17) is 11.5 Å². The van der Waals surface area contributed by atoms with Crippen LogP contribution in [0.15, 0.2) is 60.8 Å². The fraction of sp³-hybridized carbons (Fsp3) is 0.276. The molecule has 2 aromatic heterocycles. The summed E-state index contributed by atoms with van der Waals surface area (Å²) < 4.78 is 4.03. The molecular weight excluding hydrogens is 512 g/mol. The average molecular weight is 543 g/mol. The second kappa shape index (κ2) is 11.2. The van der Waals surface area contributed by atoms with Crippen molar-refractivity contribution in [2.75, 3.05) is 10.6 Å². The largest absolute Gasteiger partial charge is 0.395 e. The third-order valence-corrected chi connectivity index (χ3v) is 7.91. The Bertz CT molecular complexity index is 1550. The van der Waals surface area contributed by atoms with Crippen LogP contribution in [-0.4, -0.2) is 33.1 Å². The van der Waals surface area contributed by atoms with Gasteiger partial charge in [-0.2, -0.15) is 4.37 Å². The number of amides is 3. The van der Waals surface area contributed by atoms with Crippen LogP contribution in [0.1, 0.15) is 69.4 Å². The first-order valence-corrected chi connectivity index (χ1v) is 13.7. The van der Waals surface area contributed by atoms with Gasteiger partial charge in [-0.15, -0.1) is 0 Å². The number of aryl methyl sites for hydroxylation is 1. The summed E-state index contributed by atoms with van der Waals surface area (Å²) >= 11 is 0.794. The molecule has 0 spiro atoms. The lowest BCUT2D eigenvalue weighted by atomic mass is 9.94. The number of carbonyl (C=O) groups is 3. The molecular formula is C29H30N6O3S. The maximum absolute atomic E-state index is 14.3. The average Bonchev–Trinajstić information content (AvgIpc) is 3.33. The number of benzene rings is 2. The molecule has 1 aliphatic carbocycles. The number of aromatic nitrogens is 2. The van der Waals surface area contributed by atoms with Gasteiger partial charge in [-0.3, -0.25) is 24.3 Å². The molecule has 2 heterocycles. The predicted octanol–water partition coefficient (Wildman–Crippen LogP) is 4.52. The van der Waals surface area contributed by atoms with Gasteiger partial charge >= 0.3 is 0 Å². The summed E-state index contributed by atoms with van der Waals surface area (Å²) in [4.78, 5) is 46.1. The van der Waals surface area contributed by atoms with Gasteiger partial charge in [-0.05, 0) is 72.8 Å². The number of hydrogen-bond donors (Lipinski definition) is 3. The normalized spacial score (nSPS) is 14.6. The third-order valence-electron chi connectivity index (χ3n) is 7.06. The predicted molar refractivity (Wildman–Crippen MR) is 153 cm³/mol. The molecule has 0 bridgehead atoms. The van der Waals surface area contributed by atoms with Gasteiger partial charge < -0.3 is 16.8 Å². The quantitative estimate of drug-likeness (QED) is 0.313. The van der Waals surface area contributed by atoms with Crippen LogP contribution in [0.25, 0.3) is 10.9 Å². The van der Waals surface area contributed by atoms with Crippen LogP contribution in [-0.2, 0) is 4.79 Å². The summed E-state index contributed by atoms with van der Waals surface area (Å²) in [5, 5.41) is 4.05. The maximum atomic E-state index is 14.3. The van der Waals surface area contributed by atoms with E-state index in [0.717, 1.165) is 60.1 Å². The smallest absolute Gasteiger partial charge is 0.273 e. The Kier molecular flexibility index (Phi) is 7.56. The first-order chi connectivity index (χ1) is 18.8. The number of nitrogens with two attached hydrogens (primary N) is 2. The van der Waals surface area contributed by atoms with Crippen molar-refractivity contribution >= 4 is 51.5 Å². The first kappa shape index (κ1) is 26.3. The van der Waals surface area contributed by atoms with Crippen molar-refractivity contribution in [3.63, 3.8) is 0 Å². The summed E-state index contributed by atoms with van der Waals surface area (Å²) in [6.45, 7) is 1.91. The molecule has 1 fully saturated rings. The minimum Gasteiger partial charge on any atom is -0.395 e. The van der Waals surface area contributed by atoms with Crippen molar-refractivity contribution in [1.82, 2.24) is 14.7 Å². The van der Waals surface area contributed by atoms with Crippen LogP contribution in [0.2, 0.25) is 0 Å². The van der Waals surface area contributed by atoms with Gasteiger partial charge in [0.05, 0.1) is 11.2 Å². The molecule has 1 unspecified atom stereocenters. The summed E-state index contributed by atoms with van der Waals surface area (Å²) in [5.74, 6) is -1.66. The first-order valence-electron chi connectivity index (χ1n) is 12.9. The number of nitrogens with one attached hydrogen (secondary N) is 1. The summed E-state index contributed by atoms with van der Waals surface area (Å²) in [6.07, 6.45) is 6.73. The van der Waals surface area contributed by atoms with Gasteiger partial charge in [0.15, 0.2) is 5.69 Å². The molecule has 0 radical (unpaired) electrons. The van der Waals surface area contributed by atoms with Crippen molar-refractivity contribution in [3.8, 4) is 0 Å². The molecule has 0 saturated heterocycles. The van der Waals surface area contributed by atoms with Gasteiger partial charge in [-0.1, -0.05) is 43.5 Å². The van der Waals surface area contributed by atoms with Crippen molar-refractivity contribution in [3.05, 3.63) is 82.5 Å². The van der Waals surface area contributed by atoms with Crippen LogP contribution >= 0.6 is 11.5 Å². The van der Waals surface area contributed by atoms with Crippen molar-refractivity contribution in [2.45, 2.75) is 51.1 Å². The molecule has 2 aromatic carbocycles. The molecule has 1 aliphatic rings. The number of rotatable bonds is 7. The maximum Gasteiger partial charge on any atom is 0.273 e.